The monoisotopic (exact) mass is 454 g/mol. The number of aldehydes is 1. The Morgan fingerprint density at radius 1 is 1.25 bits per heavy atom. The number of alkyl halides is 3. The zero-order valence-corrected chi connectivity index (χ0v) is 17.7. The maximum atomic E-state index is 13.6. The van der Waals surface area contributed by atoms with Gasteiger partial charge in [-0.1, -0.05) is 0 Å². The lowest BCUT2D eigenvalue weighted by atomic mass is 10.0. The minimum atomic E-state index is -4.85. The van der Waals surface area contributed by atoms with Gasteiger partial charge in [0.25, 0.3) is 0 Å². The molecule has 2 aromatic rings. The number of hydrogen-bond acceptors (Lipinski definition) is 6. The third-order valence-corrected chi connectivity index (χ3v) is 4.70. The summed E-state index contributed by atoms with van der Waals surface area (Å²) in [4.78, 5) is 34.5. The Hall–Kier alpha value is -3.24. The van der Waals surface area contributed by atoms with E-state index in [9.17, 15) is 27.2 Å². The molecule has 0 unspecified atom stereocenters. The predicted octanol–water partition coefficient (Wildman–Crippen LogP) is 4.26. The number of ether oxygens (including phenoxy) is 1. The van der Waals surface area contributed by atoms with Crippen LogP contribution in [0.5, 0.6) is 0 Å². The van der Waals surface area contributed by atoms with Crippen molar-refractivity contribution < 1.29 is 31.9 Å². The zero-order chi connectivity index (χ0) is 23.7. The Kier molecular flexibility index (Phi) is 6.38. The number of fused-ring (bicyclic) bond motifs is 1. The van der Waals surface area contributed by atoms with Crippen LogP contribution in [0, 0.1) is 5.82 Å². The second kappa shape index (κ2) is 8.71. The van der Waals surface area contributed by atoms with Crippen LogP contribution in [0.3, 0.4) is 0 Å². The van der Waals surface area contributed by atoms with Crippen LogP contribution < -0.4 is 4.90 Å². The summed E-state index contributed by atoms with van der Waals surface area (Å²) in [6, 6.07) is 2.23. The van der Waals surface area contributed by atoms with E-state index in [0.29, 0.717) is 23.6 Å². The summed E-state index contributed by atoms with van der Waals surface area (Å²) in [5.74, 6) is -0.951. The summed E-state index contributed by atoms with van der Waals surface area (Å²) in [5.41, 5.74) is -1.38. The van der Waals surface area contributed by atoms with Crippen LogP contribution in [0.25, 0.3) is 0 Å². The second-order valence-electron chi connectivity index (χ2n) is 8.21. The molecule has 32 heavy (non-hydrogen) atoms. The van der Waals surface area contributed by atoms with Crippen LogP contribution in [0.2, 0.25) is 0 Å². The van der Waals surface area contributed by atoms with Crippen molar-refractivity contribution in [2.75, 3.05) is 18.0 Å². The lowest BCUT2D eigenvalue weighted by Gasteiger charge is -2.33. The number of rotatable bonds is 4. The summed E-state index contributed by atoms with van der Waals surface area (Å²) < 4.78 is 59.7. The molecule has 0 radical (unpaired) electrons. The molecule has 1 aliphatic heterocycles. The summed E-state index contributed by atoms with van der Waals surface area (Å²) in [5, 5.41) is 0. The first-order valence-corrected chi connectivity index (χ1v) is 9.79. The van der Waals surface area contributed by atoms with Crippen molar-refractivity contribution in [3.05, 3.63) is 47.2 Å². The Balaban J connectivity index is 2.01. The minimum absolute atomic E-state index is 0.0737. The molecule has 0 aliphatic carbocycles. The maximum absolute atomic E-state index is 13.6. The van der Waals surface area contributed by atoms with Crippen molar-refractivity contribution in [2.45, 2.75) is 45.5 Å². The fourth-order valence-corrected chi connectivity index (χ4v) is 3.40. The number of aromatic nitrogens is 2. The quantitative estimate of drug-likeness (QED) is 0.508. The van der Waals surface area contributed by atoms with Crippen molar-refractivity contribution in [2.24, 2.45) is 0 Å². The molecule has 7 nitrogen and oxygen atoms in total. The van der Waals surface area contributed by atoms with E-state index >= 15 is 0 Å². The number of halogens is 4. The number of carbonyl (C=O) groups excluding carboxylic acids is 2. The van der Waals surface area contributed by atoms with E-state index in [-0.39, 0.29) is 25.3 Å². The third-order valence-electron chi connectivity index (χ3n) is 4.70. The molecule has 1 aromatic carbocycles. The van der Waals surface area contributed by atoms with Crippen molar-refractivity contribution >= 4 is 23.9 Å². The molecule has 0 atom stereocenters. The predicted molar refractivity (Wildman–Crippen MR) is 107 cm³/mol. The number of anilines is 2. The average Bonchev–Trinajstić information content (AvgIpc) is 2.69. The van der Waals surface area contributed by atoms with E-state index in [4.69, 9.17) is 4.74 Å². The number of hydrogen-bond donors (Lipinski definition) is 0. The van der Waals surface area contributed by atoms with Crippen LogP contribution in [0.1, 0.15) is 37.6 Å². The van der Waals surface area contributed by atoms with E-state index in [1.165, 1.54) is 4.90 Å². The number of benzene rings is 1. The molecule has 0 N–H and O–H groups in total. The first-order valence-electron chi connectivity index (χ1n) is 9.79. The van der Waals surface area contributed by atoms with Crippen molar-refractivity contribution in [3.63, 3.8) is 0 Å². The maximum Gasteiger partial charge on any atom is 0.418 e. The van der Waals surface area contributed by atoms with Gasteiger partial charge in [0.1, 0.15) is 29.8 Å². The Morgan fingerprint density at radius 2 is 1.97 bits per heavy atom. The molecular weight excluding hydrogens is 432 g/mol. The molecule has 2 heterocycles. The van der Waals surface area contributed by atoms with Gasteiger partial charge < -0.3 is 19.3 Å². The molecule has 172 valence electrons. The lowest BCUT2D eigenvalue weighted by molar-refractivity contribution is -0.137. The van der Waals surface area contributed by atoms with Gasteiger partial charge in [0.15, 0.2) is 0 Å². The van der Waals surface area contributed by atoms with Gasteiger partial charge in [-0.05, 0) is 45.4 Å². The Bertz CT molecular complexity index is 1020. The van der Waals surface area contributed by atoms with E-state index in [2.05, 4.69) is 9.97 Å². The van der Waals surface area contributed by atoms with E-state index < -0.39 is 41.5 Å². The molecule has 1 amide bonds. The first kappa shape index (κ1) is 23.4. The van der Waals surface area contributed by atoms with Crippen molar-refractivity contribution in [3.8, 4) is 0 Å². The molecule has 0 fully saturated rings. The van der Waals surface area contributed by atoms with Gasteiger partial charge in [0, 0.05) is 12.1 Å². The van der Waals surface area contributed by atoms with Crippen molar-refractivity contribution in [1.29, 1.82) is 0 Å². The van der Waals surface area contributed by atoms with Crippen LogP contribution in [0.4, 0.5) is 33.9 Å². The van der Waals surface area contributed by atoms with Gasteiger partial charge in [-0.3, -0.25) is 0 Å². The Labute approximate surface area is 182 Å². The van der Waals surface area contributed by atoms with Gasteiger partial charge in [0.2, 0.25) is 0 Å². The smallest absolute Gasteiger partial charge is 0.418 e. The average molecular weight is 454 g/mol. The highest BCUT2D eigenvalue weighted by Gasteiger charge is 2.37. The van der Waals surface area contributed by atoms with Crippen LogP contribution in [-0.2, 0) is 28.7 Å². The van der Waals surface area contributed by atoms with Crippen LogP contribution in [-0.4, -0.2) is 45.9 Å². The molecule has 1 aromatic heterocycles. The van der Waals surface area contributed by atoms with Crippen LogP contribution >= 0.6 is 0 Å². The first-order chi connectivity index (χ1) is 14.9. The van der Waals surface area contributed by atoms with Crippen LogP contribution in [0.15, 0.2) is 24.5 Å². The standard InChI is InChI=1S/C21H22F4N4O3/c1-20(2,3)32-19(31)28-7-6-14-16(11-28)26-12-27-18(14)29(8-9-30)17-5-4-13(22)10-15(17)21(23,24)25/h4-5,9-10,12H,6-8,11H2,1-3H3. The van der Waals surface area contributed by atoms with Crippen molar-refractivity contribution in [1.82, 2.24) is 14.9 Å². The second-order valence-corrected chi connectivity index (χ2v) is 8.21. The minimum Gasteiger partial charge on any atom is -0.444 e. The van der Waals surface area contributed by atoms with Gasteiger partial charge in [-0.15, -0.1) is 0 Å². The zero-order valence-electron chi connectivity index (χ0n) is 17.7. The summed E-state index contributed by atoms with van der Waals surface area (Å²) in [6.07, 6.45) is -3.55. The number of amides is 1. The lowest BCUT2D eigenvalue weighted by Crippen LogP contribution is -2.41. The number of carbonyl (C=O) groups is 2. The van der Waals surface area contributed by atoms with Gasteiger partial charge in [0.05, 0.1) is 30.0 Å². The highest BCUT2D eigenvalue weighted by Crippen LogP contribution is 2.40. The topological polar surface area (TPSA) is 75.6 Å². The normalized spacial score (nSPS) is 14.0. The molecule has 3 rings (SSSR count). The van der Waals surface area contributed by atoms with Gasteiger partial charge >= 0.3 is 12.3 Å². The van der Waals surface area contributed by atoms with E-state index in [0.717, 1.165) is 23.4 Å². The largest absolute Gasteiger partial charge is 0.444 e. The molecule has 1 aliphatic rings. The summed E-state index contributed by atoms with van der Waals surface area (Å²) >= 11 is 0. The summed E-state index contributed by atoms with van der Waals surface area (Å²) in [7, 11) is 0. The third kappa shape index (κ3) is 5.14. The fourth-order valence-electron chi connectivity index (χ4n) is 3.40. The molecule has 0 bridgehead atoms. The fraction of sp³-hybridized carbons (Fsp3) is 0.429. The molecule has 0 spiro atoms. The SMILES string of the molecule is CC(C)(C)OC(=O)N1CCc2c(ncnc2N(CC=O)c2ccc(F)cc2C(F)(F)F)C1. The highest BCUT2D eigenvalue weighted by molar-refractivity contribution is 5.74. The molecule has 11 heteroatoms. The highest BCUT2D eigenvalue weighted by atomic mass is 19.4. The number of nitrogens with zero attached hydrogens (tertiary/aromatic N) is 4. The molecular formula is C21H22F4N4O3. The molecule has 0 saturated heterocycles. The summed E-state index contributed by atoms with van der Waals surface area (Å²) in [6.45, 7) is 5.08. The van der Waals surface area contributed by atoms with Gasteiger partial charge in [-0.25, -0.2) is 19.2 Å². The van der Waals surface area contributed by atoms with E-state index in [1.54, 1.807) is 20.8 Å². The molecule has 0 saturated carbocycles. The van der Waals surface area contributed by atoms with E-state index in [1.807, 2.05) is 0 Å². The van der Waals surface area contributed by atoms with Gasteiger partial charge in [-0.2, -0.15) is 13.2 Å². The Morgan fingerprint density at radius 3 is 2.59 bits per heavy atom.